The Kier molecular flexibility index (Phi) is 5.31. The number of nitrogens with zero attached hydrogens (tertiary/aromatic N) is 1. The van der Waals surface area contributed by atoms with Crippen molar-refractivity contribution >= 4 is 34.1 Å². The molecule has 2 aromatic carbocycles. The summed E-state index contributed by atoms with van der Waals surface area (Å²) >= 11 is 2.95. The predicted octanol–water partition coefficient (Wildman–Crippen LogP) is 4.62. The number of fused-ring (bicyclic) bond motifs is 1. The highest BCUT2D eigenvalue weighted by atomic mass is 32.2. The molecular weight excluding hydrogens is 380 g/mol. The first-order chi connectivity index (χ1) is 13.2. The highest BCUT2D eigenvalue weighted by molar-refractivity contribution is 8.00. The topological polar surface area (TPSA) is 60.5 Å². The van der Waals surface area contributed by atoms with Gasteiger partial charge in [0.05, 0.1) is 16.3 Å². The number of thiazole rings is 1. The van der Waals surface area contributed by atoms with Crippen molar-refractivity contribution in [2.45, 2.75) is 11.8 Å². The lowest BCUT2D eigenvalue weighted by molar-refractivity contribution is -0.113. The number of carbonyl (C=O) groups is 1. The van der Waals surface area contributed by atoms with Gasteiger partial charge in [0.15, 0.2) is 16.6 Å². The van der Waals surface area contributed by atoms with Crippen molar-refractivity contribution in [1.29, 1.82) is 0 Å². The number of benzene rings is 2. The number of amides is 1. The Morgan fingerprint density at radius 2 is 1.93 bits per heavy atom. The second-order valence-corrected chi connectivity index (χ2v) is 7.99. The van der Waals surface area contributed by atoms with E-state index < -0.39 is 0 Å². The number of carbonyl (C=O) groups excluding carboxylic acids is 1. The Hall–Kier alpha value is -2.51. The molecule has 0 radical (unpaired) electrons. The van der Waals surface area contributed by atoms with Crippen molar-refractivity contribution in [1.82, 2.24) is 4.98 Å². The minimum atomic E-state index is -0.0803. The number of aryl methyl sites for hydroxylation is 1. The van der Waals surface area contributed by atoms with Crippen molar-refractivity contribution in [2.75, 3.05) is 24.3 Å². The van der Waals surface area contributed by atoms with Gasteiger partial charge in [0.2, 0.25) is 5.91 Å². The Morgan fingerprint density at radius 1 is 1.15 bits per heavy atom. The number of rotatable bonds is 5. The second kappa shape index (κ2) is 8.02. The average Bonchev–Trinajstić information content (AvgIpc) is 3.07. The molecule has 7 heteroatoms. The van der Waals surface area contributed by atoms with Crippen LogP contribution >= 0.6 is 23.1 Å². The van der Waals surface area contributed by atoms with Gasteiger partial charge in [-0.2, -0.15) is 0 Å². The maximum Gasteiger partial charge on any atom is 0.236 e. The van der Waals surface area contributed by atoms with Crippen LogP contribution in [-0.4, -0.2) is 29.9 Å². The SMILES string of the molecule is Cc1nc(NC(=O)CSc2ccc3c(c2)OCCO3)sc1-c1ccccc1. The van der Waals surface area contributed by atoms with Gasteiger partial charge in [0.1, 0.15) is 13.2 Å². The Labute approximate surface area is 165 Å². The fourth-order valence-electron chi connectivity index (χ4n) is 2.72. The first-order valence-electron chi connectivity index (χ1n) is 8.54. The molecule has 1 aromatic heterocycles. The zero-order valence-electron chi connectivity index (χ0n) is 14.7. The Bertz CT molecular complexity index is 957. The maximum absolute atomic E-state index is 12.3. The molecule has 3 aromatic rings. The predicted molar refractivity (Wildman–Crippen MR) is 109 cm³/mol. The van der Waals surface area contributed by atoms with Crippen LogP contribution in [0.4, 0.5) is 5.13 Å². The van der Waals surface area contributed by atoms with Crippen molar-refractivity contribution in [2.24, 2.45) is 0 Å². The Morgan fingerprint density at radius 3 is 2.74 bits per heavy atom. The molecule has 1 aliphatic rings. The zero-order valence-corrected chi connectivity index (χ0v) is 16.4. The molecule has 4 rings (SSSR count). The summed E-state index contributed by atoms with van der Waals surface area (Å²) < 4.78 is 11.1. The normalized spacial score (nSPS) is 12.6. The third-order valence-corrected chi connectivity index (χ3v) is 6.08. The van der Waals surface area contributed by atoms with E-state index in [1.165, 1.54) is 23.1 Å². The van der Waals surface area contributed by atoms with Crippen LogP contribution in [0.2, 0.25) is 0 Å². The molecule has 1 N–H and O–H groups in total. The summed E-state index contributed by atoms with van der Waals surface area (Å²) in [5.74, 6) is 1.71. The largest absolute Gasteiger partial charge is 0.486 e. The van der Waals surface area contributed by atoms with E-state index in [0.717, 1.165) is 32.5 Å². The standard InChI is InChI=1S/C20H18N2O3S2/c1-13-19(14-5-3-2-4-6-14)27-20(21-13)22-18(23)12-26-15-7-8-16-17(11-15)25-10-9-24-16/h2-8,11H,9-10,12H2,1H3,(H,21,22,23). The summed E-state index contributed by atoms with van der Waals surface area (Å²) in [7, 11) is 0. The van der Waals surface area contributed by atoms with E-state index in [2.05, 4.69) is 10.3 Å². The molecule has 1 aliphatic heterocycles. The lowest BCUT2D eigenvalue weighted by Gasteiger charge is -2.18. The lowest BCUT2D eigenvalue weighted by Crippen LogP contribution is -2.15. The third-order valence-electron chi connectivity index (χ3n) is 3.96. The summed E-state index contributed by atoms with van der Waals surface area (Å²) in [6, 6.07) is 15.8. The second-order valence-electron chi connectivity index (χ2n) is 5.94. The van der Waals surface area contributed by atoms with E-state index in [0.29, 0.717) is 24.1 Å². The molecule has 0 aliphatic carbocycles. The average molecular weight is 399 g/mol. The first-order valence-corrected chi connectivity index (χ1v) is 10.3. The van der Waals surface area contributed by atoms with Crippen LogP contribution in [-0.2, 0) is 4.79 Å². The molecule has 2 heterocycles. The molecule has 0 spiro atoms. The molecule has 0 saturated heterocycles. The molecule has 0 unspecified atom stereocenters. The van der Waals surface area contributed by atoms with E-state index in [4.69, 9.17) is 9.47 Å². The number of hydrogen-bond acceptors (Lipinski definition) is 6. The third kappa shape index (κ3) is 4.26. The first kappa shape index (κ1) is 17.9. The van der Waals surface area contributed by atoms with Gasteiger partial charge < -0.3 is 14.8 Å². The Balaban J connectivity index is 1.37. The fraction of sp³-hybridized carbons (Fsp3) is 0.200. The number of ether oxygens (including phenoxy) is 2. The van der Waals surface area contributed by atoms with Crippen LogP contribution < -0.4 is 14.8 Å². The van der Waals surface area contributed by atoms with Crippen LogP contribution in [0.25, 0.3) is 10.4 Å². The highest BCUT2D eigenvalue weighted by Crippen LogP contribution is 2.35. The molecule has 0 bridgehead atoms. The molecule has 138 valence electrons. The molecule has 27 heavy (non-hydrogen) atoms. The van der Waals surface area contributed by atoms with Gasteiger partial charge in [0, 0.05) is 4.90 Å². The number of hydrogen-bond donors (Lipinski definition) is 1. The van der Waals surface area contributed by atoms with E-state index in [1.54, 1.807) is 0 Å². The maximum atomic E-state index is 12.3. The molecule has 0 atom stereocenters. The van der Waals surface area contributed by atoms with Crippen molar-refractivity contribution < 1.29 is 14.3 Å². The molecule has 0 fully saturated rings. The van der Waals surface area contributed by atoms with E-state index in [-0.39, 0.29) is 5.91 Å². The molecule has 5 nitrogen and oxygen atoms in total. The van der Waals surface area contributed by atoms with Gasteiger partial charge in [0.25, 0.3) is 0 Å². The summed E-state index contributed by atoms with van der Waals surface area (Å²) in [5, 5.41) is 3.52. The van der Waals surface area contributed by atoms with Crippen LogP contribution in [0.1, 0.15) is 5.69 Å². The van der Waals surface area contributed by atoms with Gasteiger partial charge in [-0.1, -0.05) is 41.7 Å². The zero-order chi connectivity index (χ0) is 18.6. The van der Waals surface area contributed by atoms with Gasteiger partial charge in [-0.3, -0.25) is 4.79 Å². The van der Waals surface area contributed by atoms with Crippen LogP contribution in [0.3, 0.4) is 0 Å². The molecule has 0 saturated carbocycles. The summed E-state index contributed by atoms with van der Waals surface area (Å²) in [6.07, 6.45) is 0. The fourth-order valence-corrected chi connectivity index (χ4v) is 4.44. The lowest BCUT2D eigenvalue weighted by atomic mass is 10.2. The van der Waals surface area contributed by atoms with Crippen molar-refractivity contribution in [3.8, 4) is 21.9 Å². The van der Waals surface area contributed by atoms with Crippen LogP contribution in [0.5, 0.6) is 11.5 Å². The van der Waals surface area contributed by atoms with E-state index >= 15 is 0 Å². The minimum absolute atomic E-state index is 0.0803. The van der Waals surface area contributed by atoms with E-state index in [9.17, 15) is 4.79 Å². The van der Waals surface area contributed by atoms with E-state index in [1.807, 2.05) is 55.5 Å². The minimum Gasteiger partial charge on any atom is -0.486 e. The number of aromatic nitrogens is 1. The van der Waals surface area contributed by atoms with Crippen molar-refractivity contribution in [3.63, 3.8) is 0 Å². The number of thioether (sulfide) groups is 1. The number of nitrogens with one attached hydrogen (secondary N) is 1. The number of anilines is 1. The van der Waals surface area contributed by atoms with Gasteiger partial charge in [-0.25, -0.2) is 4.98 Å². The van der Waals surface area contributed by atoms with Gasteiger partial charge in [-0.05, 0) is 30.7 Å². The van der Waals surface area contributed by atoms with Crippen LogP contribution in [0, 0.1) is 6.92 Å². The molecule has 1 amide bonds. The van der Waals surface area contributed by atoms with Gasteiger partial charge >= 0.3 is 0 Å². The summed E-state index contributed by atoms with van der Waals surface area (Å²) in [6.45, 7) is 3.08. The van der Waals surface area contributed by atoms with Crippen LogP contribution in [0.15, 0.2) is 53.4 Å². The quantitative estimate of drug-likeness (QED) is 0.636. The molecular formula is C20H18N2O3S2. The highest BCUT2D eigenvalue weighted by Gasteiger charge is 2.14. The summed E-state index contributed by atoms with van der Waals surface area (Å²) in [4.78, 5) is 18.8. The van der Waals surface area contributed by atoms with Gasteiger partial charge in [-0.15, -0.1) is 11.8 Å². The van der Waals surface area contributed by atoms with Crippen molar-refractivity contribution in [3.05, 3.63) is 54.2 Å². The smallest absolute Gasteiger partial charge is 0.236 e. The summed E-state index contributed by atoms with van der Waals surface area (Å²) in [5.41, 5.74) is 2.03. The monoisotopic (exact) mass is 398 g/mol.